The normalized spacial score (nSPS) is 11.0. The highest BCUT2D eigenvalue weighted by Crippen LogP contribution is 2.15. The lowest BCUT2D eigenvalue weighted by Crippen LogP contribution is -1.91. The first-order valence-electron chi connectivity index (χ1n) is 4.78. The summed E-state index contributed by atoms with van der Waals surface area (Å²) in [5.74, 6) is 0. The molecular formula is C11H14N2O. The van der Waals surface area contributed by atoms with E-state index in [1.807, 2.05) is 6.33 Å². The van der Waals surface area contributed by atoms with Crippen molar-refractivity contribution in [3.63, 3.8) is 0 Å². The number of benzene rings is 1. The fourth-order valence-electron chi connectivity index (χ4n) is 1.62. The van der Waals surface area contributed by atoms with E-state index in [1.54, 1.807) is 7.11 Å². The Morgan fingerprint density at radius 2 is 2.29 bits per heavy atom. The Hall–Kier alpha value is -1.35. The molecule has 0 spiro atoms. The fraction of sp³-hybridized carbons (Fsp3) is 0.364. The van der Waals surface area contributed by atoms with Gasteiger partial charge in [-0.1, -0.05) is 6.07 Å². The number of aryl methyl sites for hydroxylation is 1. The van der Waals surface area contributed by atoms with Gasteiger partial charge >= 0.3 is 0 Å². The van der Waals surface area contributed by atoms with Gasteiger partial charge in [0.2, 0.25) is 0 Å². The molecule has 1 aromatic carbocycles. The van der Waals surface area contributed by atoms with Crippen LogP contribution < -0.4 is 0 Å². The van der Waals surface area contributed by atoms with Crippen molar-refractivity contribution in [2.75, 3.05) is 7.11 Å². The number of methoxy groups -OCH3 is 1. The van der Waals surface area contributed by atoms with Gasteiger partial charge in [0.15, 0.2) is 0 Å². The van der Waals surface area contributed by atoms with Gasteiger partial charge in [-0.25, -0.2) is 4.98 Å². The summed E-state index contributed by atoms with van der Waals surface area (Å²) in [7, 11) is 1.70. The number of ether oxygens (including phenoxy) is 1. The molecule has 0 atom stereocenters. The number of hydrogen-bond donors (Lipinski definition) is 0. The summed E-state index contributed by atoms with van der Waals surface area (Å²) in [6, 6.07) is 6.25. The Bertz CT molecular complexity index is 434. The van der Waals surface area contributed by atoms with Crippen LogP contribution in [-0.4, -0.2) is 16.7 Å². The molecule has 0 saturated carbocycles. The van der Waals surface area contributed by atoms with Gasteiger partial charge in [0, 0.05) is 13.7 Å². The summed E-state index contributed by atoms with van der Waals surface area (Å²) in [6.07, 6.45) is 1.88. The lowest BCUT2D eigenvalue weighted by molar-refractivity contribution is 0.185. The maximum absolute atomic E-state index is 5.08. The van der Waals surface area contributed by atoms with Gasteiger partial charge < -0.3 is 9.30 Å². The number of fused-ring (bicyclic) bond motifs is 1. The minimum atomic E-state index is 0.648. The smallest absolute Gasteiger partial charge is 0.0958 e. The third-order valence-electron chi connectivity index (χ3n) is 2.34. The molecule has 1 heterocycles. The average molecular weight is 190 g/mol. The van der Waals surface area contributed by atoms with Crippen molar-refractivity contribution in [3.05, 3.63) is 30.1 Å². The standard InChI is InChI=1S/C11H14N2O/c1-3-13-8-12-10-6-9(7-14-2)4-5-11(10)13/h4-6,8H,3,7H2,1-2H3. The Kier molecular flexibility index (Phi) is 2.50. The molecule has 74 valence electrons. The second-order valence-corrected chi connectivity index (χ2v) is 3.29. The monoisotopic (exact) mass is 190 g/mol. The molecule has 0 saturated heterocycles. The van der Waals surface area contributed by atoms with E-state index in [9.17, 15) is 0 Å². The van der Waals surface area contributed by atoms with Crippen molar-refractivity contribution in [1.29, 1.82) is 0 Å². The van der Waals surface area contributed by atoms with Gasteiger partial charge in [0.05, 0.1) is 24.0 Å². The molecule has 2 rings (SSSR count). The van der Waals surface area contributed by atoms with Gasteiger partial charge in [-0.3, -0.25) is 0 Å². The maximum atomic E-state index is 5.08. The SMILES string of the molecule is CCn1cnc2cc(COC)ccc21. The van der Waals surface area contributed by atoms with E-state index in [0.717, 1.165) is 12.1 Å². The van der Waals surface area contributed by atoms with E-state index in [1.165, 1.54) is 11.1 Å². The van der Waals surface area contributed by atoms with Gasteiger partial charge in [-0.2, -0.15) is 0 Å². The zero-order valence-electron chi connectivity index (χ0n) is 8.53. The summed E-state index contributed by atoms with van der Waals surface area (Å²) in [6.45, 7) is 3.72. The molecule has 3 nitrogen and oxygen atoms in total. The van der Waals surface area contributed by atoms with E-state index >= 15 is 0 Å². The Morgan fingerprint density at radius 1 is 1.43 bits per heavy atom. The highest BCUT2D eigenvalue weighted by Gasteiger charge is 2.01. The number of rotatable bonds is 3. The van der Waals surface area contributed by atoms with Crippen LogP contribution in [0.5, 0.6) is 0 Å². The number of aromatic nitrogens is 2. The van der Waals surface area contributed by atoms with Crippen LogP contribution in [0.1, 0.15) is 12.5 Å². The van der Waals surface area contributed by atoms with Crippen LogP contribution in [0.25, 0.3) is 11.0 Å². The van der Waals surface area contributed by atoms with E-state index < -0.39 is 0 Å². The Morgan fingerprint density at radius 3 is 3.00 bits per heavy atom. The molecular weight excluding hydrogens is 176 g/mol. The molecule has 14 heavy (non-hydrogen) atoms. The molecule has 2 aromatic rings. The second kappa shape index (κ2) is 3.80. The number of nitrogens with zero attached hydrogens (tertiary/aromatic N) is 2. The van der Waals surface area contributed by atoms with Crippen LogP contribution in [-0.2, 0) is 17.9 Å². The number of hydrogen-bond acceptors (Lipinski definition) is 2. The lowest BCUT2D eigenvalue weighted by Gasteiger charge is -2.01. The van der Waals surface area contributed by atoms with Crippen LogP contribution >= 0.6 is 0 Å². The number of imidazole rings is 1. The molecule has 0 radical (unpaired) electrons. The van der Waals surface area contributed by atoms with Crippen LogP contribution in [0, 0.1) is 0 Å². The summed E-state index contributed by atoms with van der Waals surface area (Å²) >= 11 is 0. The topological polar surface area (TPSA) is 27.1 Å². The van der Waals surface area contributed by atoms with Gasteiger partial charge in [0.25, 0.3) is 0 Å². The van der Waals surface area contributed by atoms with Crippen LogP contribution in [0.3, 0.4) is 0 Å². The molecule has 3 heteroatoms. The molecule has 0 aliphatic heterocycles. The summed E-state index contributed by atoms with van der Waals surface area (Å²) in [5.41, 5.74) is 3.40. The first-order chi connectivity index (χ1) is 6.85. The highest BCUT2D eigenvalue weighted by atomic mass is 16.5. The van der Waals surface area contributed by atoms with Crippen LogP contribution in [0.15, 0.2) is 24.5 Å². The molecule has 0 fully saturated rings. The Labute approximate surface area is 83.3 Å². The average Bonchev–Trinajstić information content (AvgIpc) is 2.60. The van der Waals surface area contributed by atoms with E-state index in [-0.39, 0.29) is 0 Å². The van der Waals surface area contributed by atoms with Crippen molar-refractivity contribution in [2.24, 2.45) is 0 Å². The molecule has 0 aliphatic carbocycles. The van der Waals surface area contributed by atoms with Crippen molar-refractivity contribution < 1.29 is 4.74 Å². The van der Waals surface area contributed by atoms with Gasteiger partial charge in [-0.15, -0.1) is 0 Å². The van der Waals surface area contributed by atoms with Crippen LogP contribution in [0.4, 0.5) is 0 Å². The lowest BCUT2D eigenvalue weighted by atomic mass is 10.2. The minimum Gasteiger partial charge on any atom is -0.380 e. The molecule has 0 unspecified atom stereocenters. The highest BCUT2D eigenvalue weighted by molar-refractivity contribution is 5.76. The zero-order chi connectivity index (χ0) is 9.97. The summed E-state index contributed by atoms with van der Waals surface area (Å²) in [4.78, 5) is 4.34. The first-order valence-corrected chi connectivity index (χ1v) is 4.78. The largest absolute Gasteiger partial charge is 0.380 e. The molecule has 0 aliphatic rings. The molecule has 0 bridgehead atoms. The van der Waals surface area contributed by atoms with Crippen LogP contribution in [0.2, 0.25) is 0 Å². The third-order valence-corrected chi connectivity index (χ3v) is 2.34. The van der Waals surface area contributed by atoms with Crippen molar-refractivity contribution in [1.82, 2.24) is 9.55 Å². The van der Waals surface area contributed by atoms with Gasteiger partial charge in [-0.05, 0) is 24.6 Å². The summed E-state index contributed by atoms with van der Waals surface area (Å²) in [5, 5.41) is 0. The van der Waals surface area contributed by atoms with E-state index in [2.05, 4.69) is 34.7 Å². The molecule has 1 aromatic heterocycles. The van der Waals surface area contributed by atoms with Crippen molar-refractivity contribution >= 4 is 11.0 Å². The van der Waals surface area contributed by atoms with E-state index in [4.69, 9.17) is 4.74 Å². The van der Waals surface area contributed by atoms with E-state index in [0.29, 0.717) is 6.61 Å². The second-order valence-electron chi connectivity index (χ2n) is 3.29. The summed E-state index contributed by atoms with van der Waals surface area (Å²) < 4.78 is 7.21. The molecule has 0 amide bonds. The predicted molar refractivity (Wildman–Crippen MR) is 56.1 cm³/mol. The quantitative estimate of drug-likeness (QED) is 0.742. The zero-order valence-corrected chi connectivity index (χ0v) is 8.53. The maximum Gasteiger partial charge on any atom is 0.0958 e. The third kappa shape index (κ3) is 1.51. The van der Waals surface area contributed by atoms with Gasteiger partial charge in [0.1, 0.15) is 0 Å². The first kappa shape index (κ1) is 9.21. The minimum absolute atomic E-state index is 0.648. The Balaban J connectivity index is 2.46. The van der Waals surface area contributed by atoms with Crippen molar-refractivity contribution in [3.8, 4) is 0 Å². The van der Waals surface area contributed by atoms with Crippen molar-refractivity contribution in [2.45, 2.75) is 20.1 Å². The fourth-order valence-corrected chi connectivity index (χ4v) is 1.62. The predicted octanol–water partition coefficient (Wildman–Crippen LogP) is 2.20. The molecule has 0 N–H and O–H groups in total.